The summed E-state index contributed by atoms with van der Waals surface area (Å²) in [7, 11) is 0. The molecule has 0 aromatic carbocycles. The van der Waals surface area contributed by atoms with Gasteiger partial charge >= 0.3 is 0 Å². The first-order valence-electron chi connectivity index (χ1n) is 5.79. The molecular weight excluding hydrogens is 270 g/mol. The second-order valence-corrected chi connectivity index (χ2v) is 4.52. The molecule has 1 aliphatic rings. The Kier molecular flexibility index (Phi) is 3.80. The standard InChI is InChI=1S/C12H12ClN3O3/c1-2-8-11(18)15-10(17)6-16(8)12(19)7-3-4-14-9(13)5-7/h3-5,8H,2,6H2,1H3,(H,15,17,18). The zero-order valence-electron chi connectivity index (χ0n) is 10.2. The monoisotopic (exact) mass is 281 g/mol. The van der Waals surface area contributed by atoms with Crippen molar-refractivity contribution in [2.75, 3.05) is 6.54 Å². The van der Waals surface area contributed by atoms with Gasteiger partial charge in [0, 0.05) is 11.8 Å². The molecule has 1 saturated heterocycles. The lowest BCUT2D eigenvalue weighted by atomic mass is 10.1. The van der Waals surface area contributed by atoms with Crippen LogP contribution in [0.3, 0.4) is 0 Å². The quantitative estimate of drug-likeness (QED) is 0.636. The number of aromatic nitrogens is 1. The molecule has 1 atom stereocenters. The number of carbonyl (C=O) groups is 3. The van der Waals surface area contributed by atoms with Crippen molar-refractivity contribution in [3.05, 3.63) is 29.0 Å². The van der Waals surface area contributed by atoms with E-state index < -0.39 is 23.8 Å². The molecular formula is C12H12ClN3O3. The van der Waals surface area contributed by atoms with Gasteiger partial charge in [-0.1, -0.05) is 18.5 Å². The molecule has 6 nitrogen and oxygen atoms in total. The number of pyridine rings is 1. The van der Waals surface area contributed by atoms with Crippen LogP contribution in [0, 0.1) is 0 Å². The average Bonchev–Trinajstić information content (AvgIpc) is 2.37. The lowest BCUT2D eigenvalue weighted by Crippen LogP contribution is -2.59. The zero-order valence-corrected chi connectivity index (χ0v) is 11.0. The fourth-order valence-corrected chi connectivity index (χ4v) is 2.16. The van der Waals surface area contributed by atoms with E-state index in [1.165, 1.54) is 23.2 Å². The van der Waals surface area contributed by atoms with Crippen LogP contribution in [0.5, 0.6) is 0 Å². The summed E-state index contributed by atoms with van der Waals surface area (Å²) in [5.41, 5.74) is 0.306. The normalized spacial score (nSPS) is 19.3. The summed E-state index contributed by atoms with van der Waals surface area (Å²) in [5.74, 6) is -1.34. The number of nitrogens with one attached hydrogen (secondary N) is 1. The fourth-order valence-electron chi connectivity index (χ4n) is 1.99. The first-order valence-corrected chi connectivity index (χ1v) is 6.17. The van der Waals surface area contributed by atoms with Crippen LogP contribution < -0.4 is 5.32 Å². The molecule has 0 saturated carbocycles. The summed E-state index contributed by atoms with van der Waals surface area (Å²) in [6.07, 6.45) is 1.84. The molecule has 1 aromatic heterocycles. The van der Waals surface area contributed by atoms with Gasteiger partial charge in [-0.25, -0.2) is 4.98 Å². The maximum atomic E-state index is 12.3. The van der Waals surface area contributed by atoms with Crippen molar-refractivity contribution < 1.29 is 14.4 Å². The molecule has 1 aliphatic heterocycles. The lowest BCUT2D eigenvalue weighted by Gasteiger charge is -2.33. The van der Waals surface area contributed by atoms with Crippen molar-refractivity contribution in [1.82, 2.24) is 15.2 Å². The molecule has 0 aliphatic carbocycles. The molecule has 1 aromatic rings. The Morgan fingerprint density at radius 1 is 1.58 bits per heavy atom. The van der Waals surface area contributed by atoms with Crippen LogP contribution in [0.2, 0.25) is 5.15 Å². The van der Waals surface area contributed by atoms with E-state index in [-0.39, 0.29) is 11.7 Å². The highest BCUT2D eigenvalue weighted by molar-refractivity contribution is 6.29. The molecule has 0 spiro atoms. The molecule has 1 unspecified atom stereocenters. The van der Waals surface area contributed by atoms with Crippen molar-refractivity contribution in [1.29, 1.82) is 0 Å². The third-order valence-electron chi connectivity index (χ3n) is 2.88. The molecule has 3 amide bonds. The molecule has 7 heteroatoms. The minimum Gasteiger partial charge on any atom is -0.317 e. The van der Waals surface area contributed by atoms with Gasteiger partial charge in [0.1, 0.15) is 17.7 Å². The highest BCUT2D eigenvalue weighted by atomic mass is 35.5. The number of imide groups is 1. The number of nitrogens with zero attached hydrogens (tertiary/aromatic N) is 2. The van der Waals surface area contributed by atoms with Gasteiger partial charge in [-0.2, -0.15) is 0 Å². The topological polar surface area (TPSA) is 79.4 Å². The predicted molar refractivity (Wildman–Crippen MR) is 67.5 cm³/mol. The molecule has 0 bridgehead atoms. The van der Waals surface area contributed by atoms with Crippen LogP contribution in [0.4, 0.5) is 0 Å². The number of carbonyl (C=O) groups excluding carboxylic acids is 3. The Hall–Kier alpha value is -1.95. The summed E-state index contributed by atoms with van der Waals surface area (Å²) >= 11 is 5.73. The van der Waals surface area contributed by atoms with Gasteiger partial charge in [-0.3, -0.25) is 19.7 Å². The number of hydrogen-bond donors (Lipinski definition) is 1. The van der Waals surface area contributed by atoms with Crippen LogP contribution in [-0.2, 0) is 9.59 Å². The van der Waals surface area contributed by atoms with E-state index in [1.54, 1.807) is 6.92 Å². The Bertz CT molecular complexity index is 547. The van der Waals surface area contributed by atoms with Crippen molar-refractivity contribution >= 4 is 29.3 Å². The number of piperazine rings is 1. The van der Waals surface area contributed by atoms with E-state index in [9.17, 15) is 14.4 Å². The maximum absolute atomic E-state index is 12.3. The van der Waals surface area contributed by atoms with Crippen LogP contribution in [0.15, 0.2) is 18.3 Å². The van der Waals surface area contributed by atoms with Gasteiger partial charge < -0.3 is 4.90 Å². The van der Waals surface area contributed by atoms with Gasteiger partial charge in [-0.05, 0) is 18.6 Å². The number of rotatable bonds is 2. The summed E-state index contributed by atoms with van der Waals surface area (Å²) in [6, 6.07) is 2.27. The first kappa shape index (κ1) is 13.5. The van der Waals surface area contributed by atoms with Gasteiger partial charge in [0.15, 0.2) is 0 Å². The van der Waals surface area contributed by atoms with E-state index in [1.807, 2.05) is 0 Å². The molecule has 0 radical (unpaired) electrons. The Morgan fingerprint density at radius 3 is 2.95 bits per heavy atom. The van der Waals surface area contributed by atoms with Crippen molar-refractivity contribution in [2.45, 2.75) is 19.4 Å². The van der Waals surface area contributed by atoms with Crippen molar-refractivity contribution in [2.24, 2.45) is 0 Å². The molecule has 19 heavy (non-hydrogen) atoms. The van der Waals surface area contributed by atoms with Gasteiger partial charge in [0.25, 0.3) is 5.91 Å². The summed E-state index contributed by atoms with van der Waals surface area (Å²) < 4.78 is 0. The summed E-state index contributed by atoms with van der Waals surface area (Å²) in [6.45, 7) is 1.64. The second kappa shape index (κ2) is 5.36. The highest BCUT2D eigenvalue weighted by Crippen LogP contribution is 2.15. The van der Waals surface area contributed by atoms with Crippen LogP contribution in [0.1, 0.15) is 23.7 Å². The largest absolute Gasteiger partial charge is 0.317 e. The zero-order chi connectivity index (χ0) is 14.0. The minimum absolute atomic E-state index is 0.136. The number of halogens is 1. The Labute approximate surface area is 114 Å². The summed E-state index contributed by atoms with van der Waals surface area (Å²) in [5, 5.41) is 2.40. The van der Waals surface area contributed by atoms with E-state index in [0.717, 1.165) is 0 Å². The fraction of sp³-hybridized carbons (Fsp3) is 0.333. The molecule has 1 fully saturated rings. The van der Waals surface area contributed by atoms with Crippen molar-refractivity contribution in [3.63, 3.8) is 0 Å². The van der Waals surface area contributed by atoms with Gasteiger partial charge in [0.2, 0.25) is 11.8 Å². The van der Waals surface area contributed by atoms with Crippen molar-refractivity contribution in [3.8, 4) is 0 Å². The van der Waals surface area contributed by atoms with Crippen LogP contribution in [0.25, 0.3) is 0 Å². The smallest absolute Gasteiger partial charge is 0.255 e. The van der Waals surface area contributed by atoms with E-state index in [2.05, 4.69) is 10.3 Å². The average molecular weight is 282 g/mol. The van der Waals surface area contributed by atoms with Gasteiger partial charge in [-0.15, -0.1) is 0 Å². The number of hydrogen-bond acceptors (Lipinski definition) is 4. The summed E-state index contributed by atoms with van der Waals surface area (Å²) in [4.78, 5) is 40.4. The van der Waals surface area contributed by atoms with Gasteiger partial charge in [0.05, 0.1) is 0 Å². The molecule has 2 rings (SSSR count). The molecule has 100 valence electrons. The SMILES string of the molecule is CCC1C(=O)NC(=O)CN1C(=O)c1ccnc(Cl)c1. The highest BCUT2D eigenvalue weighted by Gasteiger charge is 2.35. The minimum atomic E-state index is -0.642. The van der Waals surface area contributed by atoms with E-state index in [0.29, 0.717) is 12.0 Å². The maximum Gasteiger partial charge on any atom is 0.255 e. The third kappa shape index (κ3) is 2.73. The Balaban J connectivity index is 2.30. The Morgan fingerprint density at radius 2 is 2.32 bits per heavy atom. The first-order chi connectivity index (χ1) is 9.02. The van der Waals surface area contributed by atoms with Crippen LogP contribution >= 0.6 is 11.6 Å². The third-order valence-corrected chi connectivity index (χ3v) is 3.08. The number of amides is 3. The van der Waals surface area contributed by atoms with Crippen LogP contribution in [-0.4, -0.2) is 40.2 Å². The van der Waals surface area contributed by atoms with E-state index in [4.69, 9.17) is 11.6 Å². The predicted octanol–water partition coefficient (Wildman–Crippen LogP) is 0.612. The molecule has 1 N–H and O–H groups in total. The lowest BCUT2D eigenvalue weighted by molar-refractivity contribution is -0.138. The molecule has 2 heterocycles. The van der Waals surface area contributed by atoms with E-state index >= 15 is 0 Å². The second-order valence-electron chi connectivity index (χ2n) is 4.14.